The number of hydrogen-bond donors (Lipinski definition) is 0. The van der Waals surface area contributed by atoms with Gasteiger partial charge in [0.25, 0.3) is 0 Å². The third-order valence-electron chi connectivity index (χ3n) is 2.87. The Labute approximate surface area is 109 Å². The highest BCUT2D eigenvalue weighted by atomic mass is 16.5. The summed E-state index contributed by atoms with van der Waals surface area (Å²) in [7, 11) is 0. The highest BCUT2D eigenvalue weighted by molar-refractivity contribution is 5.84. The second-order valence-electron chi connectivity index (χ2n) is 4.80. The minimum absolute atomic E-state index is 0.121. The molecule has 4 heteroatoms. The smallest absolute Gasteiger partial charge is 0.169 e. The standard InChI is InChI=1S/C14H24N2O2/c1-5-8-16-9-7-15-13(16)10-12(17)14(11(3)4)18-6-2/h7,9,11,14H,5-6,8,10H2,1-4H3. The van der Waals surface area contributed by atoms with E-state index in [1.54, 1.807) is 6.20 Å². The number of nitrogens with zero attached hydrogens (tertiary/aromatic N) is 2. The SMILES string of the molecule is CCCn1ccnc1CC(=O)C(OCC)C(C)C. The van der Waals surface area contributed by atoms with E-state index in [4.69, 9.17) is 4.74 Å². The molecule has 0 bridgehead atoms. The van der Waals surface area contributed by atoms with Gasteiger partial charge in [0.2, 0.25) is 0 Å². The van der Waals surface area contributed by atoms with Crippen molar-refractivity contribution < 1.29 is 9.53 Å². The van der Waals surface area contributed by atoms with Gasteiger partial charge in [0.1, 0.15) is 11.9 Å². The molecule has 0 saturated carbocycles. The summed E-state index contributed by atoms with van der Waals surface area (Å²) in [6.45, 7) is 9.53. The van der Waals surface area contributed by atoms with Crippen LogP contribution in [0.1, 0.15) is 39.9 Å². The Morgan fingerprint density at radius 3 is 2.72 bits per heavy atom. The van der Waals surface area contributed by atoms with Crippen molar-refractivity contribution in [3.63, 3.8) is 0 Å². The van der Waals surface area contributed by atoms with Crippen molar-refractivity contribution in [1.29, 1.82) is 0 Å². The van der Waals surface area contributed by atoms with Crippen molar-refractivity contribution >= 4 is 5.78 Å². The molecule has 1 atom stereocenters. The first kappa shape index (κ1) is 14.9. The molecule has 1 rings (SSSR count). The summed E-state index contributed by atoms with van der Waals surface area (Å²) in [5.41, 5.74) is 0. The third kappa shape index (κ3) is 3.95. The molecule has 0 spiro atoms. The Hall–Kier alpha value is -1.16. The van der Waals surface area contributed by atoms with Crippen molar-refractivity contribution in [3.05, 3.63) is 18.2 Å². The molecular weight excluding hydrogens is 228 g/mol. The van der Waals surface area contributed by atoms with Gasteiger partial charge >= 0.3 is 0 Å². The molecule has 18 heavy (non-hydrogen) atoms. The number of ketones is 1. The maximum absolute atomic E-state index is 12.2. The first-order chi connectivity index (χ1) is 8.60. The predicted octanol–water partition coefficient (Wildman–Crippen LogP) is 2.47. The van der Waals surface area contributed by atoms with E-state index in [0.29, 0.717) is 13.0 Å². The third-order valence-corrected chi connectivity index (χ3v) is 2.87. The van der Waals surface area contributed by atoms with Crippen LogP contribution < -0.4 is 0 Å². The topological polar surface area (TPSA) is 44.1 Å². The molecule has 0 N–H and O–H groups in total. The molecule has 1 heterocycles. The molecular formula is C14H24N2O2. The first-order valence-corrected chi connectivity index (χ1v) is 6.74. The molecule has 1 aromatic rings. The fraction of sp³-hybridized carbons (Fsp3) is 0.714. The minimum atomic E-state index is -0.318. The molecule has 0 aliphatic rings. The van der Waals surface area contributed by atoms with Gasteiger partial charge in [-0.05, 0) is 19.3 Å². The van der Waals surface area contributed by atoms with Crippen LogP contribution in [0.25, 0.3) is 0 Å². The quantitative estimate of drug-likeness (QED) is 0.714. The van der Waals surface area contributed by atoms with E-state index in [2.05, 4.69) is 11.9 Å². The predicted molar refractivity (Wildman–Crippen MR) is 71.5 cm³/mol. The van der Waals surface area contributed by atoms with Gasteiger partial charge in [-0.1, -0.05) is 20.8 Å². The number of rotatable bonds is 8. The molecule has 1 aromatic heterocycles. The van der Waals surface area contributed by atoms with Crippen molar-refractivity contribution in [3.8, 4) is 0 Å². The molecule has 0 aliphatic carbocycles. The summed E-state index contributed by atoms with van der Waals surface area (Å²) in [6, 6.07) is 0. The Morgan fingerprint density at radius 1 is 1.44 bits per heavy atom. The number of aromatic nitrogens is 2. The van der Waals surface area contributed by atoms with Crippen molar-refractivity contribution in [1.82, 2.24) is 9.55 Å². The van der Waals surface area contributed by atoms with Crippen LogP contribution in [0.5, 0.6) is 0 Å². The van der Waals surface area contributed by atoms with Gasteiger partial charge in [0, 0.05) is 25.5 Å². The molecule has 0 radical (unpaired) electrons. The summed E-state index contributed by atoms with van der Waals surface area (Å²) < 4.78 is 7.57. The van der Waals surface area contributed by atoms with Crippen LogP contribution in [0.4, 0.5) is 0 Å². The van der Waals surface area contributed by atoms with Crippen molar-refractivity contribution in [2.24, 2.45) is 5.92 Å². The monoisotopic (exact) mass is 252 g/mol. The van der Waals surface area contributed by atoms with Crippen LogP contribution in [0.3, 0.4) is 0 Å². The largest absolute Gasteiger partial charge is 0.370 e. The van der Waals surface area contributed by atoms with E-state index in [0.717, 1.165) is 18.8 Å². The summed E-state index contributed by atoms with van der Waals surface area (Å²) in [5, 5.41) is 0. The summed E-state index contributed by atoms with van der Waals surface area (Å²) in [6.07, 6.45) is 4.76. The van der Waals surface area contributed by atoms with E-state index in [9.17, 15) is 4.79 Å². The molecule has 0 aromatic carbocycles. The maximum atomic E-state index is 12.2. The van der Waals surface area contributed by atoms with Crippen LogP contribution in [0.2, 0.25) is 0 Å². The van der Waals surface area contributed by atoms with Gasteiger partial charge in [-0.25, -0.2) is 4.98 Å². The Morgan fingerprint density at radius 2 is 2.17 bits per heavy atom. The first-order valence-electron chi connectivity index (χ1n) is 6.74. The number of imidazole rings is 1. The number of carbonyl (C=O) groups is 1. The van der Waals surface area contributed by atoms with Crippen molar-refractivity contribution in [2.75, 3.05) is 6.61 Å². The Balaban J connectivity index is 2.69. The van der Waals surface area contributed by atoms with E-state index in [1.165, 1.54) is 0 Å². The fourth-order valence-electron chi connectivity index (χ4n) is 2.04. The number of hydrogen-bond acceptors (Lipinski definition) is 3. The zero-order chi connectivity index (χ0) is 13.5. The van der Waals surface area contributed by atoms with Crippen LogP contribution in [0.15, 0.2) is 12.4 Å². The number of carbonyl (C=O) groups excluding carboxylic acids is 1. The fourth-order valence-corrected chi connectivity index (χ4v) is 2.04. The van der Waals surface area contributed by atoms with Gasteiger partial charge < -0.3 is 9.30 Å². The zero-order valence-corrected chi connectivity index (χ0v) is 11.8. The second kappa shape index (κ2) is 7.31. The summed E-state index contributed by atoms with van der Waals surface area (Å²) in [4.78, 5) is 16.5. The average molecular weight is 252 g/mol. The van der Waals surface area contributed by atoms with Gasteiger partial charge in [0.15, 0.2) is 5.78 Å². The van der Waals surface area contributed by atoms with Gasteiger partial charge in [0.05, 0.1) is 6.42 Å². The minimum Gasteiger partial charge on any atom is -0.370 e. The lowest BCUT2D eigenvalue weighted by Crippen LogP contribution is -2.31. The second-order valence-corrected chi connectivity index (χ2v) is 4.80. The molecule has 4 nitrogen and oxygen atoms in total. The van der Waals surface area contributed by atoms with Crippen LogP contribution in [0, 0.1) is 5.92 Å². The molecule has 0 saturated heterocycles. The van der Waals surface area contributed by atoms with Crippen molar-refractivity contribution in [2.45, 2.75) is 53.2 Å². The highest BCUT2D eigenvalue weighted by Gasteiger charge is 2.23. The van der Waals surface area contributed by atoms with E-state index in [1.807, 2.05) is 31.5 Å². The highest BCUT2D eigenvalue weighted by Crippen LogP contribution is 2.11. The molecule has 0 aliphatic heterocycles. The van der Waals surface area contributed by atoms with Crippen LogP contribution in [-0.2, 0) is 22.5 Å². The number of ether oxygens (including phenoxy) is 1. The Kier molecular flexibility index (Phi) is 6.05. The Bertz CT molecular complexity index is 372. The van der Waals surface area contributed by atoms with Gasteiger partial charge in [-0.2, -0.15) is 0 Å². The van der Waals surface area contributed by atoms with Crippen LogP contribution in [-0.4, -0.2) is 28.0 Å². The normalized spacial score (nSPS) is 12.9. The lowest BCUT2D eigenvalue weighted by molar-refractivity contribution is -0.132. The summed E-state index contributed by atoms with van der Waals surface area (Å²) >= 11 is 0. The van der Waals surface area contributed by atoms with E-state index >= 15 is 0 Å². The lowest BCUT2D eigenvalue weighted by Gasteiger charge is -2.19. The molecule has 1 unspecified atom stereocenters. The zero-order valence-electron chi connectivity index (χ0n) is 11.8. The molecule has 102 valence electrons. The summed E-state index contributed by atoms with van der Waals surface area (Å²) in [5.74, 6) is 1.16. The number of aryl methyl sites for hydroxylation is 1. The van der Waals surface area contributed by atoms with Gasteiger partial charge in [-0.3, -0.25) is 4.79 Å². The van der Waals surface area contributed by atoms with Crippen LogP contribution >= 0.6 is 0 Å². The van der Waals surface area contributed by atoms with E-state index < -0.39 is 0 Å². The van der Waals surface area contributed by atoms with E-state index in [-0.39, 0.29) is 17.8 Å². The average Bonchev–Trinajstić information content (AvgIpc) is 2.73. The lowest BCUT2D eigenvalue weighted by atomic mass is 10.0. The molecule has 0 fully saturated rings. The van der Waals surface area contributed by atoms with Gasteiger partial charge in [-0.15, -0.1) is 0 Å². The maximum Gasteiger partial charge on any atom is 0.169 e. The number of Topliss-reactive ketones (excluding diaryl/α,β-unsaturated/α-hetero) is 1. The molecule has 0 amide bonds.